The summed E-state index contributed by atoms with van der Waals surface area (Å²) >= 11 is 1.19. The monoisotopic (exact) mass is 520 g/mol. The van der Waals surface area contributed by atoms with E-state index in [1.54, 1.807) is 16.4 Å². The van der Waals surface area contributed by atoms with Gasteiger partial charge in [0.25, 0.3) is 17.4 Å². The van der Waals surface area contributed by atoms with Crippen LogP contribution in [0.3, 0.4) is 0 Å². The largest absolute Gasteiger partial charge is 0.322 e. The zero-order valence-corrected chi connectivity index (χ0v) is 21.7. The summed E-state index contributed by atoms with van der Waals surface area (Å²) in [7, 11) is 0. The third kappa shape index (κ3) is 3.72. The van der Waals surface area contributed by atoms with E-state index >= 15 is 0 Å². The Morgan fingerprint density at radius 2 is 1.61 bits per heavy atom. The van der Waals surface area contributed by atoms with Gasteiger partial charge < -0.3 is 10.2 Å². The summed E-state index contributed by atoms with van der Waals surface area (Å²) in [6.45, 7) is 4.19. The van der Waals surface area contributed by atoms with Gasteiger partial charge in [0, 0.05) is 17.8 Å². The Morgan fingerprint density at radius 1 is 0.947 bits per heavy atom. The van der Waals surface area contributed by atoms with Gasteiger partial charge in [0.2, 0.25) is 0 Å². The third-order valence-electron chi connectivity index (χ3n) is 6.86. The second-order valence-corrected chi connectivity index (χ2v) is 10.1. The molecule has 0 spiro atoms. The van der Waals surface area contributed by atoms with Gasteiger partial charge in [-0.3, -0.25) is 19.0 Å². The van der Waals surface area contributed by atoms with Crippen molar-refractivity contribution in [2.75, 3.05) is 16.8 Å². The Bertz CT molecular complexity index is 1800. The van der Waals surface area contributed by atoms with E-state index in [1.165, 1.54) is 11.3 Å². The first kappa shape index (κ1) is 23.8. The molecule has 0 unspecified atom stereocenters. The van der Waals surface area contributed by atoms with Gasteiger partial charge in [-0.15, -0.1) is 0 Å². The van der Waals surface area contributed by atoms with E-state index in [0.29, 0.717) is 38.4 Å². The molecule has 3 heterocycles. The lowest BCUT2D eigenvalue weighted by atomic mass is 9.95. The number of aromatic nitrogens is 1. The summed E-state index contributed by atoms with van der Waals surface area (Å²) in [5.41, 5.74) is 3.92. The maximum absolute atomic E-state index is 14.1. The average Bonchev–Trinajstić information content (AvgIpc) is 3.40. The first-order valence-corrected chi connectivity index (χ1v) is 13.2. The second kappa shape index (κ2) is 9.39. The predicted molar refractivity (Wildman–Crippen MR) is 149 cm³/mol. The summed E-state index contributed by atoms with van der Waals surface area (Å²) in [6.07, 6.45) is 0. The topological polar surface area (TPSA) is 83.8 Å². The van der Waals surface area contributed by atoms with E-state index < -0.39 is 6.04 Å². The number of hydrogen-bond donors (Lipinski definition) is 1. The molecule has 1 atom stereocenters. The second-order valence-electron chi connectivity index (χ2n) is 9.07. The van der Waals surface area contributed by atoms with Crippen molar-refractivity contribution >= 4 is 40.1 Å². The van der Waals surface area contributed by atoms with Crippen molar-refractivity contribution in [1.29, 1.82) is 0 Å². The molecule has 2 aliphatic rings. The Kier molecular flexibility index (Phi) is 5.88. The van der Waals surface area contributed by atoms with Crippen molar-refractivity contribution in [3.8, 4) is 0 Å². The molecule has 0 bridgehead atoms. The van der Waals surface area contributed by atoms with Crippen LogP contribution in [-0.2, 0) is 9.59 Å². The van der Waals surface area contributed by atoms with Gasteiger partial charge in [0.15, 0.2) is 4.80 Å². The molecule has 0 saturated carbocycles. The molecule has 0 aliphatic carbocycles. The van der Waals surface area contributed by atoms with E-state index in [0.717, 1.165) is 16.8 Å². The highest BCUT2D eigenvalue weighted by Crippen LogP contribution is 2.35. The third-order valence-corrected chi connectivity index (χ3v) is 7.91. The number of rotatable bonds is 4. The lowest BCUT2D eigenvalue weighted by Gasteiger charge is -2.25. The molecule has 0 saturated heterocycles. The molecule has 1 N–H and O–H groups in total. The number of carbonyl (C=O) groups is 2. The van der Waals surface area contributed by atoms with Crippen LogP contribution in [0.15, 0.2) is 106 Å². The Labute approximate surface area is 222 Å². The number of fused-ring (bicyclic) bond motifs is 2. The minimum atomic E-state index is -0.695. The number of allylic oxidation sites excluding steroid dienone is 1. The number of anilines is 2. The number of likely N-dealkylation sites (N-methyl/N-ethyl adjacent to an activating group) is 1. The van der Waals surface area contributed by atoms with Crippen molar-refractivity contribution in [1.82, 2.24) is 4.57 Å². The van der Waals surface area contributed by atoms with E-state index in [-0.39, 0.29) is 17.4 Å². The Hall–Kier alpha value is -4.56. The molecule has 188 valence electrons. The normalized spacial score (nSPS) is 17.7. The number of nitrogens with zero attached hydrogens (tertiary/aromatic N) is 3. The van der Waals surface area contributed by atoms with Crippen LogP contribution in [0.25, 0.3) is 5.57 Å². The van der Waals surface area contributed by atoms with Crippen molar-refractivity contribution < 1.29 is 9.59 Å². The fraction of sp³-hybridized carbons (Fsp3) is 0.133. The zero-order chi connectivity index (χ0) is 26.4. The standard InChI is InChI=1S/C30H24N4O3S/c1-3-33-22-17-11-10-16-21(22)24(28(33)36)26-29(37)34-25(19-12-6-4-7-13-19)23(18(2)31-30(34)38-26)27(35)32-20-14-8-5-9-15-20/h4-17,25H,3H2,1-2H3,(H,32,35)/b26-24+/t25-/m0/s1. The number of nitrogens with one attached hydrogen (secondary N) is 1. The van der Waals surface area contributed by atoms with Crippen LogP contribution in [-0.4, -0.2) is 22.9 Å². The number of para-hydroxylation sites is 2. The van der Waals surface area contributed by atoms with Crippen LogP contribution in [0.4, 0.5) is 11.4 Å². The zero-order valence-electron chi connectivity index (χ0n) is 20.8. The van der Waals surface area contributed by atoms with Gasteiger partial charge in [0.1, 0.15) is 4.53 Å². The lowest BCUT2D eigenvalue weighted by molar-refractivity contribution is -0.114. The smallest absolute Gasteiger partial charge is 0.271 e. The molecule has 4 aromatic rings. The van der Waals surface area contributed by atoms with E-state index in [4.69, 9.17) is 4.99 Å². The summed E-state index contributed by atoms with van der Waals surface area (Å²) in [4.78, 5) is 48.1. The predicted octanol–water partition coefficient (Wildman–Crippen LogP) is 3.61. The van der Waals surface area contributed by atoms with E-state index in [1.807, 2.05) is 91.9 Å². The Balaban J connectivity index is 1.58. The molecule has 2 amide bonds. The first-order valence-electron chi connectivity index (χ1n) is 12.4. The molecule has 3 aromatic carbocycles. The quantitative estimate of drug-likeness (QED) is 0.446. The van der Waals surface area contributed by atoms with Crippen LogP contribution >= 0.6 is 11.3 Å². The molecule has 8 heteroatoms. The number of thiazole rings is 1. The van der Waals surface area contributed by atoms with Gasteiger partial charge >= 0.3 is 0 Å². The average molecular weight is 521 g/mol. The molecular weight excluding hydrogens is 496 g/mol. The summed E-state index contributed by atoms with van der Waals surface area (Å²) < 4.78 is 1.88. The van der Waals surface area contributed by atoms with E-state index in [2.05, 4.69) is 5.32 Å². The maximum Gasteiger partial charge on any atom is 0.271 e. The number of hydrogen-bond acceptors (Lipinski definition) is 5. The summed E-state index contributed by atoms with van der Waals surface area (Å²) in [5.74, 6) is -0.531. The van der Waals surface area contributed by atoms with E-state index in [9.17, 15) is 14.4 Å². The number of benzene rings is 3. The molecule has 0 radical (unpaired) electrons. The summed E-state index contributed by atoms with van der Waals surface area (Å²) in [5, 5.41) is 2.95. The van der Waals surface area contributed by atoms with Gasteiger partial charge in [-0.25, -0.2) is 4.99 Å². The molecule has 0 fully saturated rings. The van der Waals surface area contributed by atoms with Crippen LogP contribution in [0.1, 0.15) is 31.0 Å². The molecular formula is C30H24N4O3S. The first-order chi connectivity index (χ1) is 18.5. The summed E-state index contributed by atoms with van der Waals surface area (Å²) in [6, 6.07) is 25.5. The van der Waals surface area contributed by atoms with Crippen LogP contribution in [0, 0.1) is 0 Å². The van der Waals surface area contributed by atoms with Crippen LogP contribution in [0.5, 0.6) is 0 Å². The highest BCUT2D eigenvalue weighted by molar-refractivity contribution is 7.07. The van der Waals surface area contributed by atoms with Crippen molar-refractivity contribution in [2.45, 2.75) is 19.9 Å². The van der Waals surface area contributed by atoms with Gasteiger partial charge in [-0.05, 0) is 37.6 Å². The van der Waals surface area contributed by atoms with Crippen LogP contribution < -0.4 is 25.1 Å². The van der Waals surface area contributed by atoms with Gasteiger partial charge in [-0.1, -0.05) is 78.1 Å². The number of amides is 2. The molecule has 6 rings (SSSR count). The lowest BCUT2D eigenvalue weighted by Crippen LogP contribution is -2.41. The van der Waals surface area contributed by atoms with Crippen molar-refractivity contribution in [3.63, 3.8) is 0 Å². The molecule has 38 heavy (non-hydrogen) atoms. The van der Waals surface area contributed by atoms with Crippen molar-refractivity contribution in [2.24, 2.45) is 4.99 Å². The minimum Gasteiger partial charge on any atom is -0.322 e. The SMILES string of the molecule is CCN1C(=O)/C(=c2/sc3n(c2=O)[C@@H](c2ccccc2)C(C(=O)Nc2ccccc2)=C(C)N=3)c2ccccc21. The van der Waals surface area contributed by atoms with Crippen LogP contribution in [0.2, 0.25) is 0 Å². The maximum atomic E-state index is 14.1. The fourth-order valence-corrected chi connectivity index (χ4v) is 6.28. The van der Waals surface area contributed by atoms with Gasteiger partial charge in [0.05, 0.1) is 28.6 Å². The highest BCUT2D eigenvalue weighted by atomic mass is 32.1. The van der Waals surface area contributed by atoms with Crippen molar-refractivity contribution in [3.05, 3.63) is 127 Å². The van der Waals surface area contributed by atoms with Gasteiger partial charge in [-0.2, -0.15) is 0 Å². The minimum absolute atomic E-state index is 0.201. The molecule has 7 nitrogen and oxygen atoms in total. The molecule has 1 aromatic heterocycles. The fourth-order valence-electron chi connectivity index (χ4n) is 5.15. The highest BCUT2D eigenvalue weighted by Gasteiger charge is 2.36. The molecule has 2 aliphatic heterocycles. The Morgan fingerprint density at radius 3 is 2.32 bits per heavy atom. The number of carbonyl (C=O) groups excluding carboxylic acids is 2.